The summed E-state index contributed by atoms with van der Waals surface area (Å²) < 4.78 is 20.1. The fourth-order valence-corrected chi connectivity index (χ4v) is 2.25. The maximum absolute atomic E-state index is 5.34. The van der Waals surface area contributed by atoms with Crippen LogP contribution >= 0.6 is 11.5 Å². The average Bonchev–Trinajstić information content (AvgIpc) is 2.97. The molecular weight excluding hydrogens is 226 g/mol. The van der Waals surface area contributed by atoms with Crippen molar-refractivity contribution in [1.82, 2.24) is 4.37 Å². The van der Waals surface area contributed by atoms with Crippen LogP contribution in [-0.4, -0.2) is 18.3 Å². The van der Waals surface area contributed by atoms with Gasteiger partial charge < -0.3 is 14.2 Å². The van der Waals surface area contributed by atoms with Gasteiger partial charge in [-0.25, -0.2) is 4.37 Å². The van der Waals surface area contributed by atoms with Gasteiger partial charge in [-0.3, -0.25) is 0 Å². The van der Waals surface area contributed by atoms with Crippen molar-refractivity contribution in [2.75, 3.05) is 13.9 Å². The van der Waals surface area contributed by atoms with E-state index in [1.54, 1.807) is 13.3 Å². The molecule has 0 amide bonds. The Balaban J connectivity index is 2.17. The van der Waals surface area contributed by atoms with Gasteiger partial charge in [0.15, 0.2) is 11.5 Å². The number of hydrogen-bond donors (Lipinski definition) is 0. The number of fused-ring (bicyclic) bond motifs is 1. The predicted molar refractivity (Wildman–Crippen MR) is 60.2 cm³/mol. The van der Waals surface area contributed by atoms with Crippen molar-refractivity contribution in [2.24, 2.45) is 0 Å². The molecule has 82 valence electrons. The molecule has 5 heteroatoms. The highest BCUT2D eigenvalue weighted by Crippen LogP contribution is 2.43. The third-order valence-electron chi connectivity index (χ3n) is 2.40. The SMILES string of the molecule is COc1cc2c(cc1-c1ccns1)OCO2. The third-order valence-corrected chi connectivity index (χ3v) is 3.18. The molecule has 0 unspecified atom stereocenters. The van der Waals surface area contributed by atoms with Crippen LogP contribution in [0.4, 0.5) is 0 Å². The Morgan fingerprint density at radius 3 is 2.81 bits per heavy atom. The van der Waals surface area contributed by atoms with E-state index in [2.05, 4.69) is 4.37 Å². The second kappa shape index (κ2) is 3.68. The summed E-state index contributed by atoms with van der Waals surface area (Å²) in [6.07, 6.45) is 1.77. The van der Waals surface area contributed by atoms with E-state index < -0.39 is 0 Å². The molecule has 1 aromatic carbocycles. The van der Waals surface area contributed by atoms with E-state index >= 15 is 0 Å². The molecule has 0 N–H and O–H groups in total. The van der Waals surface area contributed by atoms with Crippen molar-refractivity contribution < 1.29 is 14.2 Å². The molecule has 0 saturated heterocycles. The summed E-state index contributed by atoms with van der Waals surface area (Å²) in [7, 11) is 1.64. The molecular formula is C11H9NO3S. The smallest absolute Gasteiger partial charge is 0.231 e. The number of nitrogens with zero attached hydrogens (tertiary/aromatic N) is 1. The summed E-state index contributed by atoms with van der Waals surface area (Å²) >= 11 is 1.42. The van der Waals surface area contributed by atoms with Gasteiger partial charge in [0.05, 0.1) is 12.0 Å². The van der Waals surface area contributed by atoms with E-state index in [-0.39, 0.29) is 6.79 Å². The molecule has 1 aromatic heterocycles. The second-order valence-electron chi connectivity index (χ2n) is 3.28. The standard InChI is InChI=1S/C11H9NO3S/c1-13-8-5-10-9(14-6-15-10)4-7(8)11-2-3-12-16-11/h2-5H,6H2,1H3. The van der Waals surface area contributed by atoms with Gasteiger partial charge >= 0.3 is 0 Å². The molecule has 2 heterocycles. The lowest BCUT2D eigenvalue weighted by Crippen LogP contribution is -1.92. The molecule has 1 aliphatic heterocycles. The highest BCUT2D eigenvalue weighted by molar-refractivity contribution is 7.09. The lowest BCUT2D eigenvalue weighted by molar-refractivity contribution is 0.174. The van der Waals surface area contributed by atoms with E-state index in [0.717, 1.165) is 27.7 Å². The van der Waals surface area contributed by atoms with Gasteiger partial charge in [-0.1, -0.05) is 0 Å². The Bertz CT molecular complexity index is 510. The van der Waals surface area contributed by atoms with Crippen molar-refractivity contribution in [3.63, 3.8) is 0 Å². The van der Waals surface area contributed by atoms with E-state index in [9.17, 15) is 0 Å². The molecule has 0 radical (unpaired) electrons. The van der Waals surface area contributed by atoms with Crippen molar-refractivity contribution in [3.05, 3.63) is 24.4 Å². The molecule has 0 aliphatic carbocycles. The maximum Gasteiger partial charge on any atom is 0.231 e. The first kappa shape index (κ1) is 9.47. The minimum atomic E-state index is 0.268. The summed E-state index contributed by atoms with van der Waals surface area (Å²) in [5.41, 5.74) is 0.981. The minimum Gasteiger partial charge on any atom is -0.496 e. The van der Waals surface area contributed by atoms with Crippen molar-refractivity contribution in [2.45, 2.75) is 0 Å². The Morgan fingerprint density at radius 2 is 2.12 bits per heavy atom. The van der Waals surface area contributed by atoms with Gasteiger partial charge in [-0.05, 0) is 23.7 Å². The topological polar surface area (TPSA) is 40.6 Å². The number of methoxy groups -OCH3 is 1. The van der Waals surface area contributed by atoms with Crippen LogP contribution < -0.4 is 14.2 Å². The molecule has 0 fully saturated rings. The summed E-state index contributed by atoms with van der Waals surface area (Å²) in [5.74, 6) is 2.25. The van der Waals surface area contributed by atoms with Gasteiger partial charge in [-0.15, -0.1) is 0 Å². The predicted octanol–water partition coefficient (Wildman–Crippen LogP) is 2.55. The van der Waals surface area contributed by atoms with E-state index in [4.69, 9.17) is 14.2 Å². The highest BCUT2D eigenvalue weighted by atomic mass is 32.1. The zero-order chi connectivity index (χ0) is 11.0. The van der Waals surface area contributed by atoms with Crippen LogP contribution in [0.2, 0.25) is 0 Å². The summed E-state index contributed by atoms with van der Waals surface area (Å²) in [4.78, 5) is 1.05. The molecule has 2 aromatic rings. The zero-order valence-electron chi connectivity index (χ0n) is 8.60. The fourth-order valence-electron chi connectivity index (χ4n) is 1.64. The first-order valence-electron chi connectivity index (χ1n) is 4.77. The minimum absolute atomic E-state index is 0.268. The fraction of sp³-hybridized carbons (Fsp3) is 0.182. The van der Waals surface area contributed by atoms with Gasteiger partial charge in [0.25, 0.3) is 0 Å². The third kappa shape index (κ3) is 1.40. The number of rotatable bonds is 2. The monoisotopic (exact) mass is 235 g/mol. The number of hydrogen-bond acceptors (Lipinski definition) is 5. The molecule has 1 aliphatic rings. The Hall–Kier alpha value is -1.75. The van der Waals surface area contributed by atoms with Crippen LogP contribution in [0.3, 0.4) is 0 Å². The van der Waals surface area contributed by atoms with Crippen LogP contribution in [0.15, 0.2) is 24.4 Å². The Labute approximate surface area is 96.6 Å². The first-order valence-corrected chi connectivity index (χ1v) is 5.54. The van der Waals surface area contributed by atoms with Crippen molar-refractivity contribution >= 4 is 11.5 Å². The van der Waals surface area contributed by atoms with Gasteiger partial charge in [-0.2, -0.15) is 0 Å². The summed E-state index contributed by atoms with van der Waals surface area (Å²) in [5, 5.41) is 0. The molecule has 4 nitrogen and oxygen atoms in total. The van der Waals surface area contributed by atoms with Crippen LogP contribution in [0.25, 0.3) is 10.4 Å². The highest BCUT2D eigenvalue weighted by Gasteiger charge is 2.19. The Kier molecular flexibility index (Phi) is 2.18. The molecule has 0 saturated carbocycles. The molecule has 0 bridgehead atoms. The van der Waals surface area contributed by atoms with Crippen molar-refractivity contribution in [3.8, 4) is 27.7 Å². The molecule has 0 atom stereocenters. The lowest BCUT2D eigenvalue weighted by Gasteiger charge is -2.07. The van der Waals surface area contributed by atoms with Gasteiger partial charge in [0.2, 0.25) is 6.79 Å². The van der Waals surface area contributed by atoms with E-state index in [1.165, 1.54) is 11.5 Å². The number of aromatic nitrogens is 1. The van der Waals surface area contributed by atoms with E-state index in [1.807, 2.05) is 18.2 Å². The zero-order valence-corrected chi connectivity index (χ0v) is 9.41. The van der Waals surface area contributed by atoms with Crippen LogP contribution in [0.1, 0.15) is 0 Å². The second-order valence-corrected chi connectivity index (χ2v) is 4.12. The molecule has 16 heavy (non-hydrogen) atoms. The normalized spacial score (nSPS) is 12.8. The Morgan fingerprint density at radius 1 is 1.31 bits per heavy atom. The summed E-state index contributed by atoms with van der Waals surface area (Å²) in [6, 6.07) is 5.72. The largest absolute Gasteiger partial charge is 0.496 e. The van der Waals surface area contributed by atoms with Crippen molar-refractivity contribution in [1.29, 1.82) is 0 Å². The molecule has 0 spiro atoms. The first-order chi connectivity index (χ1) is 7.88. The van der Waals surface area contributed by atoms with Gasteiger partial charge in [0, 0.05) is 17.8 Å². The number of benzene rings is 1. The van der Waals surface area contributed by atoms with Crippen LogP contribution in [0, 0.1) is 0 Å². The molecule has 3 rings (SSSR count). The number of ether oxygens (including phenoxy) is 3. The maximum atomic E-state index is 5.34. The van der Waals surface area contributed by atoms with Gasteiger partial charge in [0.1, 0.15) is 5.75 Å². The lowest BCUT2D eigenvalue weighted by atomic mass is 10.1. The van der Waals surface area contributed by atoms with Crippen LogP contribution in [0.5, 0.6) is 17.2 Å². The van der Waals surface area contributed by atoms with Crippen LogP contribution in [-0.2, 0) is 0 Å². The quantitative estimate of drug-likeness (QED) is 0.802. The average molecular weight is 235 g/mol. The van der Waals surface area contributed by atoms with E-state index in [0.29, 0.717) is 0 Å². The summed E-state index contributed by atoms with van der Waals surface area (Å²) in [6.45, 7) is 0.268.